The molecule has 0 spiro atoms. The largest absolute Gasteiger partial charge is 0.461 e. The summed E-state index contributed by atoms with van der Waals surface area (Å²) in [5.74, 6) is 1.45. The maximum atomic E-state index is 12.8. The number of aromatic nitrogens is 3. The average molecular weight is 353 g/mol. The molecule has 1 unspecified atom stereocenters. The molecule has 1 aliphatic carbocycles. The first-order valence-electron chi connectivity index (χ1n) is 8.39. The van der Waals surface area contributed by atoms with Crippen molar-refractivity contribution >= 4 is 17.5 Å². The average Bonchev–Trinajstić information content (AvgIpc) is 3.35. The first-order chi connectivity index (χ1) is 12.1. The van der Waals surface area contributed by atoms with Crippen LogP contribution < -0.4 is 0 Å². The molecular formula is C19H19N3O2S. The third kappa shape index (κ3) is 3.02. The van der Waals surface area contributed by atoms with Crippen molar-refractivity contribution in [2.75, 3.05) is 0 Å². The number of benzene rings is 1. The standard InChI is InChI=1S/C19H19N3O2S/c1-12(17(23)15-9-8-13-5-3-6-14(13)11-15)25-19-21-20-18(22(19)2)16-7-4-10-24-16/h4,7-12H,3,5-6H2,1-2H3. The zero-order valence-electron chi connectivity index (χ0n) is 14.2. The van der Waals surface area contributed by atoms with Crippen LogP contribution in [-0.4, -0.2) is 25.8 Å². The van der Waals surface area contributed by atoms with Gasteiger partial charge in [-0.15, -0.1) is 10.2 Å². The number of carbonyl (C=O) groups excluding carboxylic acids is 1. The summed E-state index contributed by atoms with van der Waals surface area (Å²) in [7, 11) is 1.88. The van der Waals surface area contributed by atoms with Gasteiger partial charge in [0.25, 0.3) is 0 Å². The topological polar surface area (TPSA) is 60.9 Å². The molecule has 0 saturated heterocycles. The minimum atomic E-state index is -0.230. The van der Waals surface area contributed by atoms with E-state index in [4.69, 9.17) is 4.42 Å². The predicted octanol–water partition coefficient (Wildman–Crippen LogP) is 3.93. The van der Waals surface area contributed by atoms with Gasteiger partial charge in [-0.05, 0) is 55.5 Å². The van der Waals surface area contributed by atoms with Gasteiger partial charge < -0.3 is 8.98 Å². The molecule has 0 bridgehead atoms. The van der Waals surface area contributed by atoms with Gasteiger partial charge in [-0.2, -0.15) is 0 Å². The Morgan fingerprint density at radius 1 is 1.24 bits per heavy atom. The molecular weight excluding hydrogens is 334 g/mol. The van der Waals surface area contributed by atoms with Crippen molar-refractivity contribution in [3.8, 4) is 11.6 Å². The number of thioether (sulfide) groups is 1. The minimum Gasteiger partial charge on any atom is -0.461 e. The lowest BCUT2D eigenvalue weighted by Gasteiger charge is -2.11. The van der Waals surface area contributed by atoms with Crippen molar-refractivity contribution in [2.24, 2.45) is 7.05 Å². The van der Waals surface area contributed by atoms with E-state index in [-0.39, 0.29) is 11.0 Å². The Bertz CT molecular complexity index is 915. The number of aryl methyl sites for hydroxylation is 2. The summed E-state index contributed by atoms with van der Waals surface area (Å²) in [6, 6.07) is 9.78. The van der Waals surface area contributed by atoms with Gasteiger partial charge in [0.15, 0.2) is 22.5 Å². The summed E-state index contributed by atoms with van der Waals surface area (Å²) >= 11 is 1.42. The lowest BCUT2D eigenvalue weighted by Crippen LogP contribution is -2.14. The molecule has 25 heavy (non-hydrogen) atoms. The van der Waals surface area contributed by atoms with Crippen LogP contribution in [0.15, 0.2) is 46.2 Å². The molecule has 1 atom stereocenters. The zero-order valence-corrected chi connectivity index (χ0v) is 15.0. The number of nitrogens with zero attached hydrogens (tertiary/aromatic N) is 3. The highest BCUT2D eigenvalue weighted by Crippen LogP contribution is 2.29. The number of carbonyl (C=O) groups is 1. The second kappa shape index (κ2) is 6.52. The van der Waals surface area contributed by atoms with E-state index in [1.807, 2.05) is 36.7 Å². The summed E-state index contributed by atoms with van der Waals surface area (Å²) in [6.45, 7) is 1.92. The monoisotopic (exact) mass is 353 g/mol. The van der Waals surface area contributed by atoms with Crippen molar-refractivity contribution in [1.82, 2.24) is 14.8 Å². The van der Waals surface area contributed by atoms with Crippen LogP contribution in [0.3, 0.4) is 0 Å². The SMILES string of the molecule is CC(Sc1nnc(-c2ccco2)n1C)C(=O)c1ccc2c(c1)CCC2. The van der Waals surface area contributed by atoms with E-state index < -0.39 is 0 Å². The van der Waals surface area contributed by atoms with Crippen LogP contribution in [-0.2, 0) is 19.9 Å². The lowest BCUT2D eigenvalue weighted by atomic mass is 10.0. The molecule has 0 N–H and O–H groups in total. The Labute approximate surface area is 150 Å². The first kappa shape index (κ1) is 16.1. The highest BCUT2D eigenvalue weighted by atomic mass is 32.2. The van der Waals surface area contributed by atoms with Gasteiger partial charge in [-0.3, -0.25) is 4.79 Å². The van der Waals surface area contributed by atoms with Gasteiger partial charge in [0.1, 0.15) is 0 Å². The normalized spacial score (nSPS) is 14.5. The van der Waals surface area contributed by atoms with Crippen molar-refractivity contribution in [2.45, 2.75) is 36.6 Å². The van der Waals surface area contributed by atoms with Gasteiger partial charge in [0.2, 0.25) is 0 Å². The van der Waals surface area contributed by atoms with Crippen LogP contribution >= 0.6 is 11.8 Å². The molecule has 6 heteroatoms. The highest BCUT2D eigenvalue weighted by Gasteiger charge is 2.22. The maximum absolute atomic E-state index is 12.8. The molecule has 0 aliphatic heterocycles. The molecule has 1 aliphatic rings. The molecule has 2 aromatic heterocycles. The molecule has 0 amide bonds. The van der Waals surface area contributed by atoms with Gasteiger partial charge >= 0.3 is 0 Å². The Hall–Kier alpha value is -2.34. The van der Waals surface area contributed by atoms with Gasteiger partial charge in [0.05, 0.1) is 11.5 Å². The number of rotatable bonds is 5. The third-order valence-corrected chi connectivity index (χ3v) is 5.74. The van der Waals surface area contributed by atoms with Gasteiger partial charge in [-0.25, -0.2) is 0 Å². The van der Waals surface area contributed by atoms with Crippen molar-refractivity contribution in [1.29, 1.82) is 0 Å². The molecule has 4 rings (SSSR count). The second-order valence-electron chi connectivity index (χ2n) is 6.30. The highest BCUT2D eigenvalue weighted by molar-refractivity contribution is 8.00. The van der Waals surface area contributed by atoms with E-state index in [9.17, 15) is 4.79 Å². The van der Waals surface area contributed by atoms with Crippen molar-refractivity contribution in [3.05, 3.63) is 53.3 Å². The molecule has 0 saturated carbocycles. The van der Waals surface area contributed by atoms with E-state index in [1.54, 1.807) is 6.26 Å². The predicted molar refractivity (Wildman–Crippen MR) is 96.8 cm³/mol. The van der Waals surface area contributed by atoms with Crippen LogP contribution in [0.5, 0.6) is 0 Å². The Morgan fingerprint density at radius 3 is 2.88 bits per heavy atom. The van der Waals surface area contributed by atoms with E-state index >= 15 is 0 Å². The second-order valence-corrected chi connectivity index (χ2v) is 7.61. The molecule has 2 heterocycles. The lowest BCUT2D eigenvalue weighted by molar-refractivity contribution is 0.0993. The van der Waals surface area contributed by atoms with E-state index in [1.165, 1.54) is 29.3 Å². The number of fused-ring (bicyclic) bond motifs is 1. The fourth-order valence-corrected chi connectivity index (χ4v) is 4.10. The Kier molecular flexibility index (Phi) is 4.21. The molecule has 1 aromatic carbocycles. The molecule has 128 valence electrons. The summed E-state index contributed by atoms with van der Waals surface area (Å²) in [4.78, 5) is 12.8. The summed E-state index contributed by atoms with van der Waals surface area (Å²) in [5, 5.41) is 8.86. The van der Waals surface area contributed by atoms with E-state index in [0.29, 0.717) is 16.7 Å². The maximum Gasteiger partial charge on any atom is 0.200 e. The minimum absolute atomic E-state index is 0.127. The fraction of sp³-hybridized carbons (Fsp3) is 0.316. The van der Waals surface area contributed by atoms with Crippen LogP contribution in [0.4, 0.5) is 0 Å². The number of hydrogen-bond donors (Lipinski definition) is 0. The van der Waals surface area contributed by atoms with Crippen LogP contribution in [0.1, 0.15) is 34.8 Å². The Morgan fingerprint density at radius 2 is 2.08 bits per heavy atom. The number of Topliss-reactive ketones (excluding diaryl/α,β-unsaturated/α-hetero) is 1. The number of hydrogen-bond acceptors (Lipinski definition) is 5. The number of ketones is 1. The van der Waals surface area contributed by atoms with Crippen LogP contribution in [0.25, 0.3) is 11.6 Å². The smallest absolute Gasteiger partial charge is 0.200 e. The summed E-state index contributed by atoms with van der Waals surface area (Å²) in [5.41, 5.74) is 3.49. The molecule has 3 aromatic rings. The van der Waals surface area contributed by atoms with Gasteiger partial charge in [0, 0.05) is 12.6 Å². The molecule has 5 nitrogen and oxygen atoms in total. The van der Waals surface area contributed by atoms with Crippen molar-refractivity contribution < 1.29 is 9.21 Å². The van der Waals surface area contributed by atoms with E-state index in [2.05, 4.69) is 22.3 Å². The first-order valence-corrected chi connectivity index (χ1v) is 9.27. The van der Waals surface area contributed by atoms with Crippen LogP contribution in [0, 0.1) is 0 Å². The third-order valence-electron chi connectivity index (χ3n) is 4.61. The zero-order chi connectivity index (χ0) is 17.4. The Balaban J connectivity index is 1.52. The molecule has 0 fully saturated rings. The fourth-order valence-electron chi connectivity index (χ4n) is 3.21. The molecule has 0 radical (unpaired) electrons. The van der Waals surface area contributed by atoms with Crippen LogP contribution in [0.2, 0.25) is 0 Å². The van der Waals surface area contributed by atoms with Crippen molar-refractivity contribution in [3.63, 3.8) is 0 Å². The van der Waals surface area contributed by atoms with E-state index in [0.717, 1.165) is 18.4 Å². The quantitative estimate of drug-likeness (QED) is 0.514. The number of furan rings is 1. The summed E-state index contributed by atoms with van der Waals surface area (Å²) in [6.07, 6.45) is 5.00. The summed E-state index contributed by atoms with van der Waals surface area (Å²) < 4.78 is 7.24. The van der Waals surface area contributed by atoms with Gasteiger partial charge in [-0.1, -0.05) is 23.9 Å².